The van der Waals surface area contributed by atoms with Gasteiger partial charge in [-0.1, -0.05) is 18.2 Å². The predicted octanol–water partition coefficient (Wildman–Crippen LogP) is 3.36. The summed E-state index contributed by atoms with van der Waals surface area (Å²) in [7, 11) is -4.35. The number of hydrogen-bond donors (Lipinski definition) is 2. The third kappa shape index (κ3) is 6.73. The van der Waals surface area contributed by atoms with Crippen molar-refractivity contribution < 1.29 is 39.6 Å². The molecule has 0 spiro atoms. The molecular weight excluding hydrogens is 438 g/mol. The summed E-state index contributed by atoms with van der Waals surface area (Å²) < 4.78 is 102. The van der Waals surface area contributed by atoms with E-state index in [0.29, 0.717) is 17.7 Å². The fraction of sp³-hybridized carbons (Fsp3) is 0.278. The van der Waals surface area contributed by atoms with Gasteiger partial charge in [-0.05, 0) is 42.3 Å². The Bertz CT molecular complexity index is 986. The first-order valence-corrected chi connectivity index (χ1v) is 9.87. The van der Waals surface area contributed by atoms with Crippen LogP contribution in [0.5, 0.6) is 0 Å². The minimum Gasteiger partial charge on any atom is -0.355 e. The van der Waals surface area contributed by atoms with Crippen LogP contribution < -0.4 is 10.0 Å². The van der Waals surface area contributed by atoms with Gasteiger partial charge in [0.05, 0.1) is 22.6 Å². The zero-order chi connectivity index (χ0) is 22.6. The maximum atomic E-state index is 12.7. The van der Waals surface area contributed by atoms with Crippen molar-refractivity contribution >= 4 is 15.9 Å². The molecule has 0 unspecified atom stereocenters. The molecule has 5 nitrogen and oxygen atoms in total. The molecule has 0 radical (unpaired) electrons. The molecule has 1 amide bonds. The summed E-state index contributed by atoms with van der Waals surface area (Å²) in [5, 5.41) is 2.37. The summed E-state index contributed by atoms with van der Waals surface area (Å²) in [6.07, 6.45) is -8.98. The predicted molar refractivity (Wildman–Crippen MR) is 94.8 cm³/mol. The van der Waals surface area contributed by atoms with Crippen LogP contribution in [0.25, 0.3) is 0 Å². The second kappa shape index (κ2) is 9.04. The molecule has 0 aliphatic heterocycles. The number of alkyl halides is 6. The highest BCUT2D eigenvalue weighted by Gasteiger charge is 2.32. The van der Waals surface area contributed by atoms with Crippen molar-refractivity contribution in [2.45, 2.75) is 23.7 Å². The van der Waals surface area contributed by atoms with Gasteiger partial charge in [0.2, 0.25) is 15.9 Å². The number of carbonyl (C=O) groups excluding carboxylic acids is 1. The normalized spacial score (nSPS) is 12.6. The Balaban J connectivity index is 1.85. The molecule has 12 heteroatoms. The molecule has 0 heterocycles. The van der Waals surface area contributed by atoms with Gasteiger partial charge >= 0.3 is 12.4 Å². The lowest BCUT2D eigenvalue weighted by Crippen LogP contribution is -2.37. The van der Waals surface area contributed by atoms with E-state index in [1.807, 2.05) is 4.72 Å². The van der Waals surface area contributed by atoms with E-state index in [-0.39, 0.29) is 13.0 Å². The van der Waals surface area contributed by atoms with Crippen LogP contribution in [0.4, 0.5) is 26.3 Å². The number of benzene rings is 2. The van der Waals surface area contributed by atoms with Gasteiger partial charge in [-0.15, -0.1) is 0 Å². The molecule has 30 heavy (non-hydrogen) atoms. The van der Waals surface area contributed by atoms with Crippen LogP contribution in [0.15, 0.2) is 53.4 Å². The first kappa shape index (κ1) is 23.7. The number of sulfonamides is 1. The maximum absolute atomic E-state index is 12.7. The molecule has 0 bridgehead atoms. The van der Waals surface area contributed by atoms with Gasteiger partial charge in [0.25, 0.3) is 0 Å². The molecule has 0 saturated heterocycles. The van der Waals surface area contributed by atoms with E-state index >= 15 is 0 Å². The van der Waals surface area contributed by atoms with Crippen molar-refractivity contribution in [3.05, 3.63) is 65.2 Å². The lowest BCUT2D eigenvalue weighted by atomic mass is 10.1. The third-order valence-corrected chi connectivity index (χ3v) is 5.31. The second-order valence-corrected chi connectivity index (χ2v) is 7.91. The molecule has 164 valence electrons. The van der Waals surface area contributed by atoms with Gasteiger partial charge in [-0.25, -0.2) is 13.1 Å². The van der Waals surface area contributed by atoms with Crippen LogP contribution in [-0.4, -0.2) is 27.4 Å². The van der Waals surface area contributed by atoms with Crippen molar-refractivity contribution in [3.63, 3.8) is 0 Å². The van der Waals surface area contributed by atoms with E-state index in [9.17, 15) is 39.6 Å². The highest BCUT2D eigenvalue weighted by atomic mass is 32.2. The molecule has 2 aromatic rings. The Morgan fingerprint density at radius 1 is 0.867 bits per heavy atom. The van der Waals surface area contributed by atoms with Crippen LogP contribution in [-0.2, 0) is 33.6 Å². The van der Waals surface area contributed by atoms with Gasteiger partial charge in [-0.3, -0.25) is 4.79 Å². The maximum Gasteiger partial charge on any atom is 0.416 e. The average Bonchev–Trinajstić information content (AvgIpc) is 2.66. The monoisotopic (exact) mass is 454 g/mol. The Labute approximate surface area is 168 Å². The number of nitrogens with one attached hydrogen (secondary N) is 2. The highest BCUT2D eigenvalue weighted by Crippen LogP contribution is 2.30. The Morgan fingerprint density at radius 3 is 2.03 bits per heavy atom. The smallest absolute Gasteiger partial charge is 0.355 e. The molecule has 0 aromatic heterocycles. The van der Waals surface area contributed by atoms with E-state index in [1.165, 1.54) is 12.1 Å². The summed E-state index contributed by atoms with van der Waals surface area (Å²) in [6, 6.07) is 7.37. The largest absolute Gasteiger partial charge is 0.416 e. The Kier molecular flexibility index (Phi) is 7.14. The summed E-state index contributed by atoms with van der Waals surface area (Å²) in [4.78, 5) is 11.1. The molecule has 0 saturated carbocycles. The molecular formula is C18H16F6N2O3S. The van der Waals surface area contributed by atoms with Crippen molar-refractivity contribution in [1.82, 2.24) is 10.0 Å². The molecule has 2 N–H and O–H groups in total. The Morgan fingerprint density at radius 2 is 1.47 bits per heavy atom. The average molecular weight is 454 g/mol. The van der Waals surface area contributed by atoms with Gasteiger partial charge in [0.15, 0.2) is 0 Å². The summed E-state index contributed by atoms with van der Waals surface area (Å²) in [5.41, 5.74) is -1.43. The van der Waals surface area contributed by atoms with Crippen LogP contribution in [0, 0.1) is 0 Å². The van der Waals surface area contributed by atoms with Crippen molar-refractivity contribution in [2.24, 2.45) is 0 Å². The van der Waals surface area contributed by atoms with Gasteiger partial charge in [-0.2, -0.15) is 26.3 Å². The molecule has 0 aliphatic rings. The molecule has 0 aliphatic carbocycles. The topological polar surface area (TPSA) is 75.3 Å². The fourth-order valence-electron chi connectivity index (χ4n) is 2.35. The number of halogens is 6. The second-order valence-electron chi connectivity index (χ2n) is 6.14. The lowest BCUT2D eigenvalue weighted by molar-refractivity contribution is -0.138. The SMILES string of the molecule is O=C(CNS(=O)(=O)c1cccc(C(F)(F)F)c1)NCCc1ccc(C(F)(F)F)cc1. The van der Waals surface area contributed by atoms with E-state index in [4.69, 9.17) is 0 Å². The van der Waals surface area contributed by atoms with Crippen LogP contribution >= 0.6 is 0 Å². The van der Waals surface area contributed by atoms with E-state index in [1.54, 1.807) is 0 Å². The van der Waals surface area contributed by atoms with Crippen molar-refractivity contribution in [1.29, 1.82) is 0 Å². The third-order valence-electron chi connectivity index (χ3n) is 3.91. The molecule has 2 aromatic carbocycles. The first-order chi connectivity index (χ1) is 13.8. The molecule has 0 fully saturated rings. The minimum atomic E-state index is -4.72. The number of hydrogen-bond acceptors (Lipinski definition) is 3. The van der Waals surface area contributed by atoms with Crippen LogP contribution in [0.2, 0.25) is 0 Å². The summed E-state index contributed by atoms with van der Waals surface area (Å²) in [5.74, 6) is -0.752. The zero-order valence-electron chi connectivity index (χ0n) is 15.1. The Hall–Kier alpha value is -2.60. The number of rotatable bonds is 7. The van der Waals surface area contributed by atoms with Crippen molar-refractivity contribution in [3.8, 4) is 0 Å². The van der Waals surface area contributed by atoms with Gasteiger partial charge in [0.1, 0.15) is 0 Å². The van der Waals surface area contributed by atoms with Crippen LogP contribution in [0.1, 0.15) is 16.7 Å². The summed E-state index contributed by atoms with van der Waals surface area (Å²) >= 11 is 0. The highest BCUT2D eigenvalue weighted by molar-refractivity contribution is 7.89. The first-order valence-electron chi connectivity index (χ1n) is 8.39. The van der Waals surface area contributed by atoms with E-state index in [2.05, 4.69) is 5.32 Å². The number of amides is 1. The fourth-order valence-corrected chi connectivity index (χ4v) is 3.38. The standard InChI is InChI=1S/C18H16F6N2O3S/c19-17(20,21)13-6-4-12(5-7-13)8-9-25-16(27)11-26-30(28,29)15-3-1-2-14(10-15)18(22,23)24/h1-7,10,26H,8-9,11H2,(H,25,27). The van der Waals surface area contributed by atoms with Gasteiger partial charge < -0.3 is 5.32 Å². The zero-order valence-corrected chi connectivity index (χ0v) is 16.0. The lowest BCUT2D eigenvalue weighted by Gasteiger charge is -2.11. The van der Waals surface area contributed by atoms with E-state index < -0.39 is 50.9 Å². The summed E-state index contributed by atoms with van der Waals surface area (Å²) in [6.45, 7) is -0.693. The minimum absolute atomic E-state index is 0.0233. The number of carbonyl (C=O) groups is 1. The van der Waals surface area contributed by atoms with Gasteiger partial charge in [0, 0.05) is 6.54 Å². The van der Waals surface area contributed by atoms with Crippen LogP contribution in [0.3, 0.4) is 0 Å². The van der Waals surface area contributed by atoms with Crippen molar-refractivity contribution in [2.75, 3.05) is 13.1 Å². The molecule has 2 rings (SSSR count). The molecule has 0 atom stereocenters. The quantitative estimate of drug-likeness (QED) is 0.630. The van der Waals surface area contributed by atoms with E-state index in [0.717, 1.165) is 24.3 Å².